The van der Waals surface area contributed by atoms with Crippen molar-refractivity contribution in [3.8, 4) is 5.75 Å². The first-order chi connectivity index (χ1) is 18.3. The molecule has 0 heterocycles. The van der Waals surface area contributed by atoms with E-state index in [1.54, 1.807) is 30.5 Å². The predicted octanol–water partition coefficient (Wildman–Crippen LogP) is 5.30. The average molecular weight is 528 g/mol. The van der Waals surface area contributed by atoms with Gasteiger partial charge in [0.25, 0.3) is 5.91 Å². The Kier molecular flexibility index (Phi) is 8.55. The second-order valence-corrected chi connectivity index (χ2v) is 10.8. The molecule has 0 aliphatic heterocycles. The second kappa shape index (κ2) is 12.2. The summed E-state index contributed by atoms with van der Waals surface area (Å²) in [5.74, 6) is 0.335. The van der Waals surface area contributed by atoms with Crippen molar-refractivity contribution in [2.75, 3.05) is 10.6 Å². The zero-order valence-electron chi connectivity index (χ0n) is 21.2. The van der Waals surface area contributed by atoms with E-state index in [1.807, 2.05) is 73.7 Å². The molecule has 0 unspecified atom stereocenters. The molecule has 0 aliphatic rings. The summed E-state index contributed by atoms with van der Waals surface area (Å²) < 4.78 is 31.9. The lowest BCUT2D eigenvalue weighted by Crippen LogP contribution is -2.29. The van der Waals surface area contributed by atoms with Crippen LogP contribution in [0.15, 0.2) is 108 Å². The van der Waals surface area contributed by atoms with E-state index in [0.717, 1.165) is 28.7 Å². The normalized spacial score (nSPS) is 11.3. The van der Waals surface area contributed by atoms with E-state index in [2.05, 4.69) is 22.7 Å². The third-order valence-electron chi connectivity index (χ3n) is 5.77. The number of hydrazone groups is 1. The van der Waals surface area contributed by atoms with Crippen LogP contribution >= 0.6 is 0 Å². The predicted molar refractivity (Wildman–Crippen MR) is 151 cm³/mol. The Morgan fingerprint density at radius 2 is 1.53 bits per heavy atom. The fourth-order valence-electron chi connectivity index (χ4n) is 3.66. The van der Waals surface area contributed by atoms with Crippen molar-refractivity contribution in [3.63, 3.8) is 0 Å². The van der Waals surface area contributed by atoms with E-state index in [9.17, 15) is 13.2 Å². The highest BCUT2D eigenvalue weighted by atomic mass is 32.2. The highest BCUT2D eigenvalue weighted by molar-refractivity contribution is 7.92. The molecule has 0 radical (unpaired) electrons. The van der Waals surface area contributed by atoms with E-state index in [-0.39, 0.29) is 6.54 Å². The quantitative estimate of drug-likeness (QED) is 0.224. The van der Waals surface area contributed by atoms with E-state index in [1.165, 1.54) is 9.87 Å². The third kappa shape index (κ3) is 7.54. The molecule has 4 aromatic carbocycles. The number of carbonyl (C=O) groups excluding carboxylic acids is 1. The van der Waals surface area contributed by atoms with Crippen LogP contribution in [0.25, 0.3) is 0 Å². The molecular formula is C30H29N3O4S. The lowest BCUT2D eigenvalue weighted by atomic mass is 10.2. The summed E-state index contributed by atoms with van der Waals surface area (Å²) in [6, 6.07) is 31.3. The number of ether oxygens (including phenoxy) is 1. The van der Waals surface area contributed by atoms with E-state index in [0.29, 0.717) is 17.9 Å². The topological polar surface area (TPSA) is 88.1 Å². The molecule has 1 N–H and O–H groups in total. The van der Waals surface area contributed by atoms with Gasteiger partial charge >= 0.3 is 0 Å². The number of benzene rings is 4. The first kappa shape index (κ1) is 26.6. The average Bonchev–Trinajstić information content (AvgIpc) is 2.92. The highest BCUT2D eigenvalue weighted by Gasteiger charge is 2.18. The Morgan fingerprint density at radius 3 is 2.16 bits per heavy atom. The summed E-state index contributed by atoms with van der Waals surface area (Å²) in [6.07, 6.45) is 2.70. The van der Waals surface area contributed by atoms with Gasteiger partial charge in [-0.1, -0.05) is 60.2 Å². The van der Waals surface area contributed by atoms with Crippen molar-refractivity contribution in [3.05, 3.63) is 131 Å². The summed E-state index contributed by atoms with van der Waals surface area (Å²) in [6.45, 7) is 2.73. The zero-order chi connectivity index (χ0) is 27.0. The number of nitrogens with zero attached hydrogens (tertiary/aromatic N) is 2. The van der Waals surface area contributed by atoms with Crippen molar-refractivity contribution >= 4 is 27.8 Å². The number of sulfonamides is 1. The van der Waals surface area contributed by atoms with Crippen LogP contribution in [0.2, 0.25) is 0 Å². The van der Waals surface area contributed by atoms with Crippen molar-refractivity contribution in [1.82, 2.24) is 5.43 Å². The number of hydrogen-bond acceptors (Lipinski definition) is 5. The smallest absolute Gasteiger partial charge is 0.271 e. The summed E-state index contributed by atoms with van der Waals surface area (Å²) >= 11 is 0. The van der Waals surface area contributed by atoms with Gasteiger partial charge in [-0.25, -0.2) is 13.8 Å². The lowest BCUT2D eigenvalue weighted by molar-refractivity contribution is 0.0955. The van der Waals surface area contributed by atoms with Crippen molar-refractivity contribution < 1.29 is 17.9 Å². The molecule has 0 saturated carbocycles. The fraction of sp³-hybridized carbons (Fsp3) is 0.133. The molecule has 8 heteroatoms. The van der Waals surface area contributed by atoms with Gasteiger partial charge in [0.1, 0.15) is 12.4 Å². The van der Waals surface area contributed by atoms with Gasteiger partial charge < -0.3 is 4.74 Å². The van der Waals surface area contributed by atoms with Crippen LogP contribution in [0.3, 0.4) is 0 Å². The van der Waals surface area contributed by atoms with Gasteiger partial charge in [0.05, 0.1) is 24.7 Å². The first-order valence-corrected chi connectivity index (χ1v) is 13.9. The molecule has 0 atom stereocenters. The van der Waals surface area contributed by atoms with Gasteiger partial charge in [-0.15, -0.1) is 0 Å². The maximum absolute atomic E-state index is 12.5. The second-order valence-electron chi connectivity index (χ2n) is 8.84. The molecule has 0 saturated heterocycles. The van der Waals surface area contributed by atoms with Gasteiger partial charge in [-0.3, -0.25) is 9.10 Å². The van der Waals surface area contributed by atoms with Crippen LogP contribution < -0.4 is 14.5 Å². The number of rotatable bonds is 10. The van der Waals surface area contributed by atoms with Crippen LogP contribution in [-0.4, -0.2) is 26.8 Å². The largest absolute Gasteiger partial charge is 0.489 e. The Morgan fingerprint density at radius 1 is 0.868 bits per heavy atom. The Labute approximate surface area is 223 Å². The number of anilines is 1. The van der Waals surface area contributed by atoms with E-state index < -0.39 is 15.9 Å². The standard InChI is InChI=1S/C30H29N3O4S/c1-23-8-10-26(11-9-23)22-37-29-18-12-24(13-19-29)20-31-32-30(34)27-14-16-28(17-15-27)33(38(2,35)36)21-25-6-4-3-5-7-25/h3-20H,21-22H2,1-2H3,(H,32,34). The molecule has 4 aromatic rings. The molecule has 0 spiro atoms. The van der Waals surface area contributed by atoms with Gasteiger partial charge in [0, 0.05) is 5.56 Å². The molecular weight excluding hydrogens is 498 g/mol. The maximum Gasteiger partial charge on any atom is 0.271 e. The number of amides is 1. The SMILES string of the molecule is Cc1ccc(COc2ccc(C=NNC(=O)c3ccc(N(Cc4ccccc4)S(C)(=O)=O)cc3)cc2)cc1. The molecule has 4 rings (SSSR count). The molecule has 0 bridgehead atoms. The van der Waals surface area contributed by atoms with Crippen LogP contribution in [-0.2, 0) is 23.2 Å². The Hall–Kier alpha value is -4.43. The van der Waals surface area contributed by atoms with Gasteiger partial charge in [-0.2, -0.15) is 5.10 Å². The number of hydrogen-bond donors (Lipinski definition) is 1. The molecule has 1 amide bonds. The molecule has 0 aliphatic carbocycles. The van der Waals surface area contributed by atoms with Gasteiger partial charge in [0.2, 0.25) is 10.0 Å². The summed E-state index contributed by atoms with van der Waals surface area (Å²) in [7, 11) is -3.52. The molecule has 7 nitrogen and oxygen atoms in total. The zero-order valence-corrected chi connectivity index (χ0v) is 22.1. The molecule has 38 heavy (non-hydrogen) atoms. The minimum Gasteiger partial charge on any atom is -0.489 e. The summed E-state index contributed by atoms with van der Waals surface area (Å²) in [5, 5.41) is 4.03. The molecule has 194 valence electrons. The highest BCUT2D eigenvalue weighted by Crippen LogP contribution is 2.21. The molecule has 0 aromatic heterocycles. The number of nitrogens with one attached hydrogen (secondary N) is 1. The van der Waals surface area contributed by atoms with Crippen LogP contribution in [0, 0.1) is 6.92 Å². The van der Waals surface area contributed by atoms with Crippen LogP contribution in [0.4, 0.5) is 5.69 Å². The number of aryl methyl sites for hydroxylation is 1. The van der Waals surface area contributed by atoms with E-state index >= 15 is 0 Å². The molecule has 0 fully saturated rings. The van der Waals surface area contributed by atoms with Crippen molar-refractivity contribution in [2.24, 2.45) is 5.10 Å². The minimum atomic E-state index is -3.52. The van der Waals surface area contributed by atoms with Gasteiger partial charge in [0.15, 0.2) is 0 Å². The number of carbonyl (C=O) groups is 1. The minimum absolute atomic E-state index is 0.200. The van der Waals surface area contributed by atoms with Crippen LogP contribution in [0.5, 0.6) is 5.75 Å². The van der Waals surface area contributed by atoms with Crippen molar-refractivity contribution in [1.29, 1.82) is 0 Å². The lowest BCUT2D eigenvalue weighted by Gasteiger charge is -2.22. The fourth-order valence-corrected chi connectivity index (χ4v) is 4.55. The Balaban J connectivity index is 1.32. The maximum atomic E-state index is 12.5. The third-order valence-corrected chi connectivity index (χ3v) is 6.91. The van der Waals surface area contributed by atoms with Crippen LogP contribution in [0.1, 0.15) is 32.6 Å². The summed E-state index contributed by atoms with van der Waals surface area (Å²) in [5.41, 5.74) is 7.29. The first-order valence-electron chi connectivity index (χ1n) is 12.0. The Bertz CT molecular complexity index is 1480. The summed E-state index contributed by atoms with van der Waals surface area (Å²) in [4.78, 5) is 12.5. The van der Waals surface area contributed by atoms with Crippen molar-refractivity contribution in [2.45, 2.75) is 20.1 Å². The van der Waals surface area contributed by atoms with E-state index in [4.69, 9.17) is 4.74 Å². The van der Waals surface area contributed by atoms with Gasteiger partial charge in [-0.05, 0) is 72.1 Å². The monoisotopic (exact) mass is 527 g/mol.